The Morgan fingerprint density at radius 2 is 2.13 bits per heavy atom. The van der Waals surface area contributed by atoms with E-state index in [0.29, 0.717) is 22.1 Å². The fourth-order valence-corrected chi connectivity index (χ4v) is 3.39. The van der Waals surface area contributed by atoms with E-state index in [1.807, 2.05) is 30.3 Å². The highest BCUT2D eigenvalue weighted by Gasteiger charge is 2.26. The Morgan fingerprint density at radius 3 is 2.83 bits per heavy atom. The number of carbonyl (C=O) groups is 2. The molecular weight excluding hydrogens is 314 g/mol. The van der Waals surface area contributed by atoms with Crippen LogP contribution in [0.15, 0.2) is 30.3 Å². The number of anilines is 1. The van der Waals surface area contributed by atoms with Crippen molar-refractivity contribution >= 4 is 28.4 Å². The number of thiazole rings is 1. The van der Waals surface area contributed by atoms with Crippen LogP contribution in [0.5, 0.6) is 0 Å². The summed E-state index contributed by atoms with van der Waals surface area (Å²) in [6, 6.07) is 9.11. The number of aromatic nitrogens is 1. The first-order chi connectivity index (χ1) is 11.1. The summed E-state index contributed by atoms with van der Waals surface area (Å²) in [6.45, 7) is 0.775. The van der Waals surface area contributed by atoms with Gasteiger partial charge in [-0.1, -0.05) is 30.3 Å². The van der Waals surface area contributed by atoms with E-state index in [1.165, 1.54) is 11.3 Å². The normalized spacial score (nSPS) is 17.1. The molecule has 23 heavy (non-hydrogen) atoms. The van der Waals surface area contributed by atoms with Crippen LogP contribution in [-0.4, -0.2) is 29.5 Å². The van der Waals surface area contributed by atoms with Crippen LogP contribution in [0.1, 0.15) is 17.7 Å². The second-order valence-electron chi connectivity index (χ2n) is 5.31. The Bertz CT molecular complexity index is 709. The minimum atomic E-state index is -0.579. The Morgan fingerprint density at radius 1 is 1.35 bits per heavy atom. The van der Waals surface area contributed by atoms with Crippen molar-refractivity contribution in [1.82, 2.24) is 10.3 Å². The minimum absolute atomic E-state index is 0.0163. The molecule has 6 nitrogen and oxygen atoms in total. The molecule has 0 saturated carbocycles. The molecule has 120 valence electrons. The van der Waals surface area contributed by atoms with Crippen molar-refractivity contribution < 1.29 is 14.3 Å². The topological polar surface area (TPSA) is 94.3 Å². The van der Waals surface area contributed by atoms with Gasteiger partial charge in [0, 0.05) is 10.4 Å². The van der Waals surface area contributed by atoms with E-state index < -0.39 is 11.9 Å². The van der Waals surface area contributed by atoms with Crippen LogP contribution in [0.25, 0.3) is 11.3 Å². The molecule has 1 fully saturated rings. The van der Waals surface area contributed by atoms with Gasteiger partial charge in [-0.05, 0) is 19.4 Å². The van der Waals surface area contributed by atoms with Crippen LogP contribution in [0.3, 0.4) is 0 Å². The van der Waals surface area contributed by atoms with Crippen LogP contribution in [-0.2, 0) is 20.7 Å². The quantitative estimate of drug-likeness (QED) is 0.655. The lowest BCUT2D eigenvalue weighted by Gasteiger charge is -2.08. The van der Waals surface area contributed by atoms with Crippen LogP contribution >= 0.6 is 11.3 Å². The van der Waals surface area contributed by atoms with Crippen LogP contribution < -0.4 is 11.1 Å². The molecule has 0 bridgehead atoms. The standard InChI is InChI=1S/C16H17N3O3S/c17-16-19-14(10-5-2-1-3-6-10)12(23-16)9-13(20)22-15(21)11-7-4-8-18-11/h1-3,5-6,11,18H,4,7-9H2,(H2,17,19)/t11-/m0/s1. The summed E-state index contributed by atoms with van der Waals surface area (Å²) in [6.07, 6.45) is 1.60. The first-order valence-corrected chi connectivity index (χ1v) is 8.23. The van der Waals surface area contributed by atoms with Crippen LogP contribution in [0.2, 0.25) is 0 Å². The Balaban J connectivity index is 1.70. The van der Waals surface area contributed by atoms with Crippen molar-refractivity contribution in [2.24, 2.45) is 0 Å². The van der Waals surface area contributed by atoms with Gasteiger partial charge >= 0.3 is 11.9 Å². The summed E-state index contributed by atoms with van der Waals surface area (Å²) >= 11 is 1.24. The molecule has 2 heterocycles. The molecule has 1 aliphatic rings. The van der Waals surface area contributed by atoms with Gasteiger partial charge in [0.1, 0.15) is 6.04 Å². The monoisotopic (exact) mass is 331 g/mol. The number of nitrogens with two attached hydrogens (primary N) is 1. The lowest BCUT2D eigenvalue weighted by Crippen LogP contribution is -2.34. The van der Waals surface area contributed by atoms with E-state index in [1.54, 1.807) is 0 Å². The molecule has 1 aliphatic heterocycles. The molecule has 3 rings (SSSR count). The van der Waals surface area contributed by atoms with Crippen molar-refractivity contribution in [3.05, 3.63) is 35.2 Å². The molecule has 1 saturated heterocycles. The maximum absolute atomic E-state index is 12.0. The summed E-state index contributed by atoms with van der Waals surface area (Å²) in [7, 11) is 0. The van der Waals surface area contributed by atoms with Crippen molar-refractivity contribution in [3.8, 4) is 11.3 Å². The number of rotatable bonds is 4. The number of hydrogen-bond acceptors (Lipinski definition) is 7. The van der Waals surface area contributed by atoms with E-state index in [2.05, 4.69) is 10.3 Å². The van der Waals surface area contributed by atoms with E-state index in [4.69, 9.17) is 10.5 Å². The lowest BCUT2D eigenvalue weighted by atomic mass is 10.1. The molecule has 2 aromatic rings. The first kappa shape index (κ1) is 15.6. The fraction of sp³-hybridized carbons (Fsp3) is 0.312. The number of esters is 2. The smallest absolute Gasteiger partial charge is 0.330 e. The van der Waals surface area contributed by atoms with Crippen LogP contribution in [0, 0.1) is 0 Å². The second-order valence-corrected chi connectivity index (χ2v) is 6.42. The Kier molecular flexibility index (Phi) is 4.68. The third kappa shape index (κ3) is 3.75. The average Bonchev–Trinajstić information content (AvgIpc) is 3.18. The SMILES string of the molecule is Nc1nc(-c2ccccc2)c(CC(=O)OC(=O)[C@@H]2CCCN2)s1. The van der Waals surface area contributed by atoms with E-state index in [-0.39, 0.29) is 12.5 Å². The van der Waals surface area contributed by atoms with Crippen molar-refractivity contribution in [2.45, 2.75) is 25.3 Å². The summed E-state index contributed by atoms with van der Waals surface area (Å²) in [5.74, 6) is -1.09. The highest BCUT2D eigenvalue weighted by molar-refractivity contribution is 7.15. The van der Waals surface area contributed by atoms with E-state index >= 15 is 0 Å². The molecule has 1 aromatic carbocycles. The molecule has 1 atom stereocenters. The zero-order chi connectivity index (χ0) is 16.2. The molecule has 7 heteroatoms. The molecular formula is C16H17N3O3S. The third-order valence-electron chi connectivity index (χ3n) is 3.63. The molecule has 0 amide bonds. The van der Waals surface area contributed by atoms with Gasteiger partial charge in [-0.15, -0.1) is 11.3 Å². The van der Waals surface area contributed by atoms with Gasteiger partial charge in [0.25, 0.3) is 0 Å². The summed E-state index contributed by atoms with van der Waals surface area (Å²) < 4.78 is 4.94. The lowest BCUT2D eigenvalue weighted by molar-refractivity contribution is -0.160. The van der Waals surface area contributed by atoms with Crippen molar-refractivity contribution in [3.63, 3.8) is 0 Å². The average molecular weight is 331 g/mol. The van der Waals surface area contributed by atoms with Gasteiger partial charge in [-0.2, -0.15) is 0 Å². The summed E-state index contributed by atoms with van der Waals surface area (Å²) in [5.41, 5.74) is 7.32. The largest absolute Gasteiger partial charge is 0.392 e. The molecule has 3 N–H and O–H groups in total. The first-order valence-electron chi connectivity index (χ1n) is 7.42. The Labute approximate surface area is 137 Å². The zero-order valence-electron chi connectivity index (χ0n) is 12.5. The van der Waals surface area contributed by atoms with Gasteiger partial charge in [0.15, 0.2) is 5.13 Å². The van der Waals surface area contributed by atoms with Gasteiger partial charge in [0.2, 0.25) is 0 Å². The predicted molar refractivity (Wildman–Crippen MR) is 87.8 cm³/mol. The number of nitrogens with zero attached hydrogens (tertiary/aromatic N) is 1. The highest BCUT2D eigenvalue weighted by atomic mass is 32.1. The van der Waals surface area contributed by atoms with Gasteiger partial charge in [0.05, 0.1) is 12.1 Å². The molecule has 1 aromatic heterocycles. The number of ether oxygens (including phenoxy) is 1. The summed E-state index contributed by atoms with van der Waals surface area (Å²) in [4.78, 5) is 28.9. The maximum Gasteiger partial charge on any atom is 0.330 e. The van der Waals surface area contributed by atoms with Gasteiger partial charge in [-0.3, -0.25) is 4.79 Å². The molecule has 0 aliphatic carbocycles. The zero-order valence-corrected chi connectivity index (χ0v) is 13.3. The third-order valence-corrected chi connectivity index (χ3v) is 4.51. The van der Waals surface area contributed by atoms with Crippen molar-refractivity contribution in [2.75, 3.05) is 12.3 Å². The van der Waals surface area contributed by atoms with Gasteiger partial charge < -0.3 is 15.8 Å². The van der Waals surface area contributed by atoms with E-state index in [9.17, 15) is 9.59 Å². The highest BCUT2D eigenvalue weighted by Crippen LogP contribution is 2.30. The number of nitrogens with one attached hydrogen (secondary N) is 1. The number of hydrogen-bond donors (Lipinski definition) is 2. The fourth-order valence-electron chi connectivity index (χ4n) is 2.55. The molecule has 0 radical (unpaired) electrons. The number of benzene rings is 1. The molecule has 0 spiro atoms. The Hall–Kier alpha value is -2.25. The predicted octanol–water partition coefficient (Wildman–Crippen LogP) is 1.76. The number of nitrogen functional groups attached to an aromatic ring is 1. The van der Waals surface area contributed by atoms with E-state index in [0.717, 1.165) is 18.5 Å². The van der Waals surface area contributed by atoms with Crippen molar-refractivity contribution in [1.29, 1.82) is 0 Å². The molecule has 0 unspecified atom stereocenters. The maximum atomic E-state index is 12.0. The second kappa shape index (κ2) is 6.89. The van der Waals surface area contributed by atoms with Gasteiger partial charge in [-0.25, -0.2) is 9.78 Å². The van der Waals surface area contributed by atoms with Crippen LogP contribution in [0.4, 0.5) is 5.13 Å². The number of carbonyl (C=O) groups excluding carboxylic acids is 2. The summed E-state index contributed by atoms with van der Waals surface area (Å²) in [5, 5.41) is 3.40. The minimum Gasteiger partial charge on any atom is -0.392 e.